The van der Waals surface area contributed by atoms with Crippen molar-refractivity contribution in [2.75, 3.05) is 18.1 Å². The molecule has 0 unspecified atom stereocenters. The van der Waals surface area contributed by atoms with Crippen molar-refractivity contribution in [2.45, 2.75) is 63.0 Å². The number of ether oxygens (including phenoxy) is 1. The molecule has 2 heterocycles. The highest BCUT2D eigenvalue weighted by Crippen LogP contribution is 2.38. The number of carboxylic acid groups (broad SMARTS) is 1. The van der Waals surface area contributed by atoms with Crippen molar-refractivity contribution in [3.05, 3.63) is 11.1 Å². The number of carboxylic acids is 1. The van der Waals surface area contributed by atoms with Crippen LogP contribution in [0, 0.1) is 5.92 Å². The third kappa shape index (κ3) is 5.76. The van der Waals surface area contributed by atoms with E-state index in [9.17, 15) is 26.7 Å². The average molecular weight is 443 g/mol. The minimum Gasteiger partial charge on any atom is -0.477 e. The van der Waals surface area contributed by atoms with Crippen LogP contribution >= 0.6 is 11.3 Å². The summed E-state index contributed by atoms with van der Waals surface area (Å²) < 4.78 is 67.9. The number of hydrogen-bond acceptors (Lipinski definition) is 6. The zero-order valence-electron chi connectivity index (χ0n) is 15.4. The van der Waals surface area contributed by atoms with Gasteiger partial charge < -0.3 is 20.1 Å². The molecule has 1 aromatic heterocycles. The normalized spacial score (nSPS) is 28.3. The van der Waals surface area contributed by atoms with Gasteiger partial charge in [-0.1, -0.05) is 11.3 Å². The van der Waals surface area contributed by atoms with Gasteiger partial charge in [0.15, 0.2) is 5.13 Å². The lowest BCUT2D eigenvalue weighted by Gasteiger charge is -2.32. The maximum atomic E-state index is 12.8. The van der Waals surface area contributed by atoms with Crippen molar-refractivity contribution in [1.29, 1.82) is 0 Å². The average Bonchev–Trinajstić information content (AvgIpc) is 3.26. The van der Waals surface area contributed by atoms with Crippen LogP contribution in [0.4, 0.5) is 27.1 Å². The molecule has 3 rings (SSSR count). The molecule has 29 heavy (non-hydrogen) atoms. The van der Waals surface area contributed by atoms with Gasteiger partial charge in [-0.15, -0.1) is 0 Å². The van der Waals surface area contributed by atoms with Crippen molar-refractivity contribution < 1.29 is 36.6 Å². The van der Waals surface area contributed by atoms with E-state index >= 15 is 0 Å². The number of alkyl halides is 5. The molecule has 1 aromatic rings. The first-order valence-electron chi connectivity index (χ1n) is 9.31. The van der Waals surface area contributed by atoms with Crippen LogP contribution in [0.3, 0.4) is 0 Å². The van der Waals surface area contributed by atoms with Crippen LogP contribution in [0.2, 0.25) is 0 Å². The predicted octanol–water partition coefficient (Wildman–Crippen LogP) is 3.74. The molecule has 6 nitrogen and oxygen atoms in total. The van der Waals surface area contributed by atoms with Crippen LogP contribution in [0.25, 0.3) is 0 Å². The van der Waals surface area contributed by atoms with Crippen LogP contribution in [0.5, 0.6) is 0 Å². The fraction of sp³-hybridized carbons (Fsp3) is 0.765. The summed E-state index contributed by atoms with van der Waals surface area (Å²) in [5.41, 5.74) is 0. The van der Waals surface area contributed by atoms with Crippen LogP contribution in [0.15, 0.2) is 6.20 Å². The Hall–Kier alpha value is -1.53. The number of anilines is 1. The van der Waals surface area contributed by atoms with E-state index in [0.29, 0.717) is 30.9 Å². The topological polar surface area (TPSA) is 74.7 Å². The van der Waals surface area contributed by atoms with E-state index in [0.717, 1.165) is 11.3 Å². The second-order valence-electron chi connectivity index (χ2n) is 7.40. The molecule has 2 atom stereocenters. The van der Waals surface area contributed by atoms with Crippen LogP contribution in [-0.2, 0) is 4.74 Å². The predicted molar refractivity (Wildman–Crippen MR) is 95.5 cm³/mol. The molecule has 2 fully saturated rings. The zero-order chi connectivity index (χ0) is 21.2. The summed E-state index contributed by atoms with van der Waals surface area (Å²) in [6, 6.07) is -0.632. The molecule has 2 aliphatic rings. The zero-order valence-corrected chi connectivity index (χ0v) is 16.2. The molecule has 12 heteroatoms. The standard InChI is InChI=1S/C17H22F5N3O3S/c18-15(19)28-8-12-5-11(7-25(12)16-23-6-13(29-16)14(26)27)24-10-3-1-9(2-4-10)17(20,21)22/h6,9-12,15,24H,1-5,7-8H2,(H,26,27)/t9?,10?,11-,12-/m0/s1. The third-order valence-corrected chi connectivity index (χ3v) is 6.46. The number of nitrogens with one attached hydrogen (secondary N) is 1. The van der Waals surface area contributed by atoms with Crippen LogP contribution in [-0.4, -0.2) is 60.1 Å². The molecule has 0 amide bonds. The van der Waals surface area contributed by atoms with Gasteiger partial charge in [-0.25, -0.2) is 9.78 Å². The highest BCUT2D eigenvalue weighted by Gasteiger charge is 2.42. The van der Waals surface area contributed by atoms with Gasteiger partial charge in [-0.3, -0.25) is 0 Å². The monoisotopic (exact) mass is 443 g/mol. The van der Waals surface area contributed by atoms with Crippen molar-refractivity contribution in [3.63, 3.8) is 0 Å². The molecule has 0 spiro atoms. The molecule has 0 radical (unpaired) electrons. The first-order chi connectivity index (χ1) is 13.6. The summed E-state index contributed by atoms with van der Waals surface area (Å²) >= 11 is 0.947. The quantitative estimate of drug-likeness (QED) is 0.626. The van der Waals surface area contributed by atoms with Crippen LogP contribution < -0.4 is 10.2 Å². The summed E-state index contributed by atoms with van der Waals surface area (Å²) in [7, 11) is 0. The highest BCUT2D eigenvalue weighted by molar-refractivity contribution is 7.17. The Labute approximate surface area is 168 Å². The Balaban J connectivity index is 1.61. The fourth-order valence-electron chi connectivity index (χ4n) is 4.03. The summed E-state index contributed by atoms with van der Waals surface area (Å²) in [6.45, 7) is -2.78. The van der Waals surface area contributed by atoms with Gasteiger partial charge in [0.05, 0.1) is 24.8 Å². The minimum absolute atomic E-state index is 0.0374. The summed E-state index contributed by atoms with van der Waals surface area (Å²) in [5, 5.41) is 12.8. The van der Waals surface area contributed by atoms with Gasteiger partial charge in [0.1, 0.15) is 4.88 Å². The molecule has 1 aliphatic heterocycles. The van der Waals surface area contributed by atoms with Gasteiger partial charge >= 0.3 is 18.8 Å². The number of hydrogen-bond donors (Lipinski definition) is 2. The van der Waals surface area contributed by atoms with E-state index < -0.39 is 30.7 Å². The molecule has 0 aromatic carbocycles. The Morgan fingerprint density at radius 2 is 2.00 bits per heavy atom. The second kappa shape index (κ2) is 9.09. The van der Waals surface area contributed by atoms with Crippen molar-refractivity contribution in [1.82, 2.24) is 10.3 Å². The second-order valence-corrected chi connectivity index (χ2v) is 8.41. The van der Waals surface area contributed by atoms with E-state index in [1.54, 1.807) is 4.90 Å². The van der Waals surface area contributed by atoms with Crippen molar-refractivity contribution in [2.24, 2.45) is 5.92 Å². The van der Waals surface area contributed by atoms with E-state index in [1.165, 1.54) is 6.20 Å². The highest BCUT2D eigenvalue weighted by atomic mass is 32.1. The minimum atomic E-state index is -4.17. The number of rotatable bonds is 7. The van der Waals surface area contributed by atoms with E-state index in [2.05, 4.69) is 15.0 Å². The van der Waals surface area contributed by atoms with Gasteiger partial charge in [-0.05, 0) is 32.1 Å². The fourth-order valence-corrected chi connectivity index (χ4v) is 4.87. The first kappa shape index (κ1) is 22.2. The lowest BCUT2D eigenvalue weighted by atomic mass is 9.85. The number of halogens is 5. The summed E-state index contributed by atoms with van der Waals surface area (Å²) in [5.74, 6) is -2.39. The van der Waals surface area contributed by atoms with E-state index in [4.69, 9.17) is 5.11 Å². The Kier molecular flexibility index (Phi) is 6.94. The van der Waals surface area contributed by atoms with E-state index in [1.807, 2.05) is 0 Å². The molecule has 1 saturated heterocycles. The van der Waals surface area contributed by atoms with Gasteiger partial charge in [-0.2, -0.15) is 22.0 Å². The molecule has 164 valence electrons. The lowest BCUT2D eigenvalue weighted by Crippen LogP contribution is -2.43. The number of nitrogens with zero attached hydrogens (tertiary/aromatic N) is 2. The van der Waals surface area contributed by atoms with Gasteiger partial charge in [0.2, 0.25) is 0 Å². The van der Waals surface area contributed by atoms with E-state index in [-0.39, 0.29) is 36.4 Å². The number of thiazole rings is 1. The molecule has 0 bridgehead atoms. The molecule has 1 saturated carbocycles. The molecule has 1 aliphatic carbocycles. The van der Waals surface area contributed by atoms with Crippen molar-refractivity contribution >= 4 is 22.4 Å². The first-order valence-corrected chi connectivity index (χ1v) is 10.1. The SMILES string of the molecule is O=C(O)c1cnc(N2C[C@@H](NC3CCC(C(F)(F)F)CC3)C[C@H]2COC(F)F)s1. The molecular weight excluding hydrogens is 421 g/mol. The Morgan fingerprint density at radius 3 is 2.55 bits per heavy atom. The number of aromatic nitrogens is 1. The maximum absolute atomic E-state index is 12.8. The van der Waals surface area contributed by atoms with Crippen molar-refractivity contribution in [3.8, 4) is 0 Å². The van der Waals surface area contributed by atoms with Gasteiger partial charge in [0.25, 0.3) is 0 Å². The summed E-state index contributed by atoms with van der Waals surface area (Å²) in [6.07, 6.45) is -1.55. The third-order valence-electron chi connectivity index (χ3n) is 5.44. The Bertz CT molecular complexity index is 694. The number of aromatic carboxylic acids is 1. The number of carbonyl (C=O) groups is 1. The maximum Gasteiger partial charge on any atom is 0.391 e. The Morgan fingerprint density at radius 1 is 1.31 bits per heavy atom. The largest absolute Gasteiger partial charge is 0.477 e. The lowest BCUT2D eigenvalue weighted by molar-refractivity contribution is -0.182. The summed E-state index contributed by atoms with van der Waals surface area (Å²) in [4.78, 5) is 16.9. The smallest absolute Gasteiger partial charge is 0.391 e. The van der Waals surface area contributed by atoms with Gasteiger partial charge in [0, 0.05) is 18.6 Å². The molecular formula is C17H22F5N3O3S. The van der Waals surface area contributed by atoms with Crippen LogP contribution in [0.1, 0.15) is 41.8 Å². The molecule has 2 N–H and O–H groups in total.